The number of anilines is 2. The Morgan fingerprint density at radius 3 is 2.46 bits per heavy atom. The van der Waals surface area contributed by atoms with E-state index in [0.717, 1.165) is 69.7 Å². The number of benzene rings is 2. The fourth-order valence-electron chi connectivity index (χ4n) is 9.97. The smallest absolute Gasteiger partial charge is 0.246 e. The average Bonchev–Trinajstić information content (AvgIpc) is 4.23. The Morgan fingerprint density at radius 1 is 0.905 bits per heavy atom. The van der Waals surface area contributed by atoms with Gasteiger partial charge >= 0.3 is 0 Å². The van der Waals surface area contributed by atoms with Gasteiger partial charge in [-0.2, -0.15) is 0 Å². The number of pyridine rings is 1. The van der Waals surface area contributed by atoms with Crippen molar-refractivity contribution in [3.8, 4) is 21.8 Å². The number of hydrogen-bond acceptors (Lipinski definition) is 14. The molecule has 3 fully saturated rings. The molecular weight excluding hydrogens is 964 g/mol. The molecule has 3 saturated heterocycles. The number of β-amino-alcohol motifs (C(OH)–C–C–N with tert-alkyl or cyclic N) is 1. The molecule has 7 heterocycles. The van der Waals surface area contributed by atoms with Gasteiger partial charge in [-0.25, -0.2) is 23.9 Å². The van der Waals surface area contributed by atoms with Gasteiger partial charge in [0.25, 0.3) is 0 Å². The second-order valence-electron chi connectivity index (χ2n) is 20.3. The minimum absolute atomic E-state index is 0.0148. The minimum Gasteiger partial charge on any atom is -0.391 e. The highest BCUT2D eigenvalue weighted by molar-refractivity contribution is 7.13. The number of aryl methyl sites for hydroxylation is 1. The Hall–Kier alpha value is -6.87. The number of carbonyl (C=O) groups is 4. The van der Waals surface area contributed by atoms with E-state index in [-0.39, 0.29) is 75.9 Å². The highest BCUT2D eigenvalue weighted by atomic mass is 32.1. The van der Waals surface area contributed by atoms with Gasteiger partial charge in [0.05, 0.1) is 59.9 Å². The number of hydrogen-bond donors (Lipinski definition) is 4. The molecule has 3 aliphatic heterocycles. The fraction of sp³-hybridized carbons (Fsp3) is 0.444. The first-order chi connectivity index (χ1) is 35.7. The normalized spacial score (nSPS) is 18.7. The van der Waals surface area contributed by atoms with Crippen molar-refractivity contribution < 1.29 is 33.4 Å². The summed E-state index contributed by atoms with van der Waals surface area (Å²) in [7, 11) is 0. The van der Waals surface area contributed by atoms with Crippen molar-refractivity contribution in [2.24, 2.45) is 5.41 Å². The maximum atomic E-state index is 14.1. The van der Waals surface area contributed by atoms with Gasteiger partial charge in [-0.3, -0.25) is 24.1 Å². The largest absolute Gasteiger partial charge is 0.391 e. The fourth-order valence-corrected chi connectivity index (χ4v) is 10.8. The van der Waals surface area contributed by atoms with Crippen LogP contribution in [0.15, 0.2) is 90.6 Å². The van der Waals surface area contributed by atoms with Crippen LogP contribution in [0.5, 0.6) is 0 Å². The Balaban J connectivity index is 0.686. The van der Waals surface area contributed by atoms with Gasteiger partial charge in [0.15, 0.2) is 5.65 Å². The van der Waals surface area contributed by atoms with Gasteiger partial charge in [0, 0.05) is 65.2 Å². The number of likely N-dealkylation sites (tertiary alicyclic amines) is 1. The van der Waals surface area contributed by atoms with Crippen molar-refractivity contribution in [2.45, 2.75) is 84.2 Å². The molecule has 4 aromatic heterocycles. The van der Waals surface area contributed by atoms with E-state index in [1.807, 2.05) is 98.4 Å². The molecule has 4 atom stereocenters. The van der Waals surface area contributed by atoms with Crippen LogP contribution < -0.4 is 25.8 Å². The number of nitrogens with one attached hydrogen (secondary N) is 3. The van der Waals surface area contributed by atoms with Crippen LogP contribution in [0, 0.1) is 18.2 Å². The van der Waals surface area contributed by atoms with Gasteiger partial charge in [0.1, 0.15) is 35.2 Å². The molecule has 0 bridgehead atoms. The van der Waals surface area contributed by atoms with Crippen LogP contribution in [0.4, 0.5) is 16.0 Å². The van der Waals surface area contributed by atoms with Crippen LogP contribution in [0.2, 0.25) is 0 Å². The van der Waals surface area contributed by atoms with E-state index in [1.165, 1.54) is 11.0 Å². The lowest BCUT2D eigenvalue weighted by Gasteiger charge is -2.35. The summed E-state index contributed by atoms with van der Waals surface area (Å²) in [6, 6.07) is 22.7. The summed E-state index contributed by atoms with van der Waals surface area (Å²) in [5, 5.41) is 24.3. The van der Waals surface area contributed by atoms with Gasteiger partial charge < -0.3 is 40.5 Å². The number of rotatable bonds is 18. The summed E-state index contributed by atoms with van der Waals surface area (Å²) < 4.78 is 21.7. The maximum absolute atomic E-state index is 14.1. The van der Waals surface area contributed by atoms with E-state index >= 15 is 0 Å². The van der Waals surface area contributed by atoms with Crippen LogP contribution >= 0.6 is 11.3 Å². The van der Waals surface area contributed by atoms with Crippen LogP contribution in [0.1, 0.15) is 69.3 Å². The predicted molar refractivity (Wildman–Crippen MR) is 281 cm³/mol. The Kier molecular flexibility index (Phi) is 16.3. The average molecular weight is 1030 g/mol. The van der Waals surface area contributed by atoms with E-state index in [9.17, 15) is 28.7 Å². The lowest BCUT2D eigenvalue weighted by atomic mass is 9.85. The molecule has 74 heavy (non-hydrogen) atoms. The molecule has 3 aliphatic rings. The molecule has 6 aromatic rings. The number of thiazole rings is 1. The summed E-state index contributed by atoms with van der Waals surface area (Å²) in [6.45, 7) is 12.0. The number of halogens is 1. The van der Waals surface area contributed by atoms with Crippen LogP contribution in [-0.2, 0) is 30.5 Å². The van der Waals surface area contributed by atoms with E-state index < -0.39 is 35.4 Å². The zero-order valence-corrected chi connectivity index (χ0v) is 43.2. The molecule has 0 saturated carbocycles. The number of imidazole rings is 1. The van der Waals surface area contributed by atoms with E-state index in [2.05, 4.69) is 40.6 Å². The number of aliphatic hydroxyl groups is 1. The first kappa shape index (κ1) is 52.0. The number of amides is 4. The molecule has 4 amide bonds. The summed E-state index contributed by atoms with van der Waals surface area (Å²) >= 11 is 1.57. The Labute approximate surface area is 434 Å². The summed E-state index contributed by atoms with van der Waals surface area (Å²) in [5.74, 6) is 0.0492. The highest BCUT2D eigenvalue weighted by Gasteiger charge is 2.44. The third kappa shape index (κ3) is 12.4. The molecule has 390 valence electrons. The maximum Gasteiger partial charge on any atom is 0.246 e. The topological polar surface area (TPSA) is 203 Å². The number of fused-ring (bicyclic) bond motifs is 1. The van der Waals surface area contributed by atoms with Crippen LogP contribution in [0.25, 0.3) is 27.5 Å². The third-order valence-corrected chi connectivity index (χ3v) is 14.9. The standard InChI is InChI=1S/C54H65FN12O6S/c1-35-50(74-34-59-35)37-15-13-36(14-16-37)30-58-52(71)43-29-40(68)32-66(43)53(72)51(54(2,3)4)61-48(69)19-26-73-27-20-56-49(70)33-63-22-24-64(25-23-63)46-12-6-10-41(60-46)44-31-57-45-17-18-47(62-67(44)45)65-21-7-11-42(65)38-8-5-9-39(55)28-38/h5-6,8-10,12-18,28,31,34,40,42-43,51,68H,7,11,19-27,29-30,32-33H2,1-4H3,(H,56,70)(H,58,71)(H,61,69)/t40-,42-,43+,51-/m1/s1. The number of ether oxygens (including phenoxy) is 1. The number of aliphatic hydroxyl groups excluding tert-OH is 1. The van der Waals surface area contributed by atoms with E-state index in [0.29, 0.717) is 31.8 Å². The number of aromatic nitrogens is 5. The summed E-state index contributed by atoms with van der Waals surface area (Å²) in [6.07, 6.45) is 2.89. The van der Waals surface area contributed by atoms with E-state index in [1.54, 1.807) is 29.7 Å². The van der Waals surface area contributed by atoms with Gasteiger partial charge in [-0.05, 0) is 78.3 Å². The molecule has 18 nitrogen and oxygen atoms in total. The first-order valence-corrected chi connectivity index (χ1v) is 26.3. The number of piperazine rings is 1. The van der Waals surface area contributed by atoms with Crippen molar-refractivity contribution in [1.29, 1.82) is 0 Å². The van der Waals surface area contributed by atoms with Crippen molar-refractivity contribution in [3.05, 3.63) is 113 Å². The van der Waals surface area contributed by atoms with Crippen molar-refractivity contribution in [1.82, 2.24) is 50.3 Å². The van der Waals surface area contributed by atoms with Crippen molar-refractivity contribution in [2.75, 3.05) is 75.4 Å². The molecule has 0 radical (unpaired) electrons. The molecule has 20 heteroatoms. The highest BCUT2D eigenvalue weighted by Crippen LogP contribution is 2.36. The summed E-state index contributed by atoms with van der Waals surface area (Å²) in [4.78, 5) is 76.6. The molecule has 4 N–H and O–H groups in total. The monoisotopic (exact) mass is 1030 g/mol. The van der Waals surface area contributed by atoms with E-state index in [4.69, 9.17) is 14.8 Å². The lowest BCUT2D eigenvalue weighted by molar-refractivity contribution is -0.144. The number of nitrogens with zero attached hydrogens (tertiary/aromatic N) is 9. The molecule has 0 aliphatic carbocycles. The van der Waals surface area contributed by atoms with Crippen molar-refractivity contribution in [3.63, 3.8) is 0 Å². The van der Waals surface area contributed by atoms with Gasteiger partial charge in [0.2, 0.25) is 23.6 Å². The van der Waals surface area contributed by atoms with Crippen molar-refractivity contribution >= 4 is 52.2 Å². The zero-order chi connectivity index (χ0) is 51.9. The summed E-state index contributed by atoms with van der Waals surface area (Å²) in [5.41, 5.74) is 7.16. The molecule has 0 unspecified atom stereocenters. The SMILES string of the molecule is Cc1ncsc1-c1ccc(CNC(=O)[C@@H]2C[C@@H](O)CN2C(=O)[C@@H](NC(=O)CCOCCNC(=O)CN2CCN(c3cccc(-c4cnc5ccc(N6CCC[C@@H]6c6cccc(F)c6)nn45)n3)CC2)C(C)(C)C)cc1. The second kappa shape index (κ2) is 23.1. The Morgan fingerprint density at radius 2 is 1.70 bits per heavy atom. The second-order valence-corrected chi connectivity index (χ2v) is 21.2. The van der Waals surface area contributed by atoms with Gasteiger partial charge in [-0.15, -0.1) is 16.4 Å². The Bertz CT molecular complexity index is 2940. The van der Waals surface area contributed by atoms with Gasteiger partial charge in [-0.1, -0.05) is 63.2 Å². The first-order valence-electron chi connectivity index (χ1n) is 25.4. The third-order valence-electron chi connectivity index (χ3n) is 13.9. The molecule has 9 rings (SSSR count). The molecular formula is C54H65FN12O6S. The quantitative estimate of drug-likeness (QED) is 0.0824. The lowest BCUT2D eigenvalue weighted by Crippen LogP contribution is -2.57. The molecule has 2 aromatic carbocycles. The van der Waals surface area contributed by atoms with Crippen LogP contribution in [-0.4, -0.2) is 147 Å². The predicted octanol–water partition coefficient (Wildman–Crippen LogP) is 5.16. The minimum atomic E-state index is -0.958. The molecule has 0 spiro atoms. The zero-order valence-electron chi connectivity index (χ0n) is 42.4. The van der Waals surface area contributed by atoms with Crippen LogP contribution in [0.3, 0.4) is 0 Å². The number of carbonyl (C=O) groups excluding carboxylic acids is 4.